The van der Waals surface area contributed by atoms with Gasteiger partial charge in [0.2, 0.25) is 5.95 Å². The van der Waals surface area contributed by atoms with Gasteiger partial charge in [-0.2, -0.15) is 0 Å². The highest BCUT2D eigenvalue weighted by Crippen LogP contribution is 2.26. The molecule has 6 nitrogen and oxygen atoms in total. The van der Waals surface area contributed by atoms with E-state index < -0.39 is 11.6 Å². The Morgan fingerprint density at radius 2 is 1.77 bits per heavy atom. The molecule has 1 aromatic carbocycles. The van der Waals surface area contributed by atoms with Crippen LogP contribution >= 0.6 is 0 Å². The molecular formula is C22H20F2N4O2. The summed E-state index contributed by atoms with van der Waals surface area (Å²) in [5.74, 6) is -1.70. The average Bonchev–Trinajstić information content (AvgIpc) is 2.76. The van der Waals surface area contributed by atoms with Crippen molar-refractivity contribution in [2.75, 3.05) is 18.0 Å². The van der Waals surface area contributed by atoms with E-state index in [1.54, 1.807) is 31.6 Å². The highest BCUT2D eigenvalue weighted by molar-refractivity contribution is 5.98. The van der Waals surface area contributed by atoms with Gasteiger partial charge in [0.1, 0.15) is 11.6 Å². The van der Waals surface area contributed by atoms with E-state index in [2.05, 4.69) is 9.97 Å². The molecule has 0 radical (unpaired) electrons. The van der Waals surface area contributed by atoms with Crippen molar-refractivity contribution in [3.63, 3.8) is 0 Å². The predicted molar refractivity (Wildman–Crippen MR) is 108 cm³/mol. The lowest BCUT2D eigenvalue weighted by Gasteiger charge is -2.33. The Balaban J connectivity index is 1.53. The van der Waals surface area contributed by atoms with Crippen molar-refractivity contribution in [1.82, 2.24) is 14.5 Å². The van der Waals surface area contributed by atoms with Crippen LogP contribution in [0.2, 0.25) is 0 Å². The lowest BCUT2D eigenvalue weighted by atomic mass is 9.88. The Morgan fingerprint density at radius 3 is 2.43 bits per heavy atom. The molecule has 0 aliphatic carbocycles. The van der Waals surface area contributed by atoms with Crippen LogP contribution in [0.3, 0.4) is 0 Å². The van der Waals surface area contributed by atoms with Crippen LogP contribution in [-0.2, 0) is 7.05 Å². The molecule has 3 heterocycles. The first kappa shape index (κ1) is 19.9. The Bertz CT molecular complexity index is 1140. The second-order valence-corrected chi connectivity index (χ2v) is 7.32. The fourth-order valence-electron chi connectivity index (χ4n) is 3.73. The molecule has 1 aliphatic heterocycles. The van der Waals surface area contributed by atoms with Gasteiger partial charge in [0.25, 0.3) is 5.56 Å². The summed E-state index contributed by atoms with van der Waals surface area (Å²) >= 11 is 0. The summed E-state index contributed by atoms with van der Waals surface area (Å²) in [7, 11) is 1.66. The highest BCUT2D eigenvalue weighted by atomic mass is 19.1. The number of carbonyl (C=O) groups excluding carboxylic acids is 1. The van der Waals surface area contributed by atoms with Gasteiger partial charge in [-0.05, 0) is 37.1 Å². The average molecular weight is 410 g/mol. The second-order valence-electron chi connectivity index (χ2n) is 7.32. The number of piperidine rings is 1. The van der Waals surface area contributed by atoms with Crippen LogP contribution in [0.15, 0.2) is 53.6 Å². The maximum Gasteiger partial charge on any atom is 0.255 e. The van der Waals surface area contributed by atoms with Crippen molar-refractivity contribution >= 4 is 11.7 Å². The molecule has 8 heteroatoms. The number of anilines is 1. The third kappa shape index (κ3) is 3.85. The van der Waals surface area contributed by atoms with Crippen LogP contribution in [0.5, 0.6) is 0 Å². The second kappa shape index (κ2) is 8.14. The van der Waals surface area contributed by atoms with Crippen molar-refractivity contribution < 1.29 is 13.6 Å². The molecule has 0 N–H and O–H groups in total. The lowest BCUT2D eigenvalue weighted by Crippen LogP contribution is -2.40. The number of ketones is 1. The van der Waals surface area contributed by atoms with Gasteiger partial charge >= 0.3 is 0 Å². The molecule has 0 unspecified atom stereocenters. The molecular weight excluding hydrogens is 390 g/mol. The van der Waals surface area contributed by atoms with Gasteiger partial charge < -0.3 is 4.90 Å². The third-order valence-corrected chi connectivity index (χ3v) is 5.43. The Hall–Kier alpha value is -3.42. The Labute approximate surface area is 171 Å². The van der Waals surface area contributed by atoms with Crippen LogP contribution in [0.25, 0.3) is 11.3 Å². The molecule has 0 spiro atoms. The molecule has 154 valence electrons. The number of rotatable bonds is 4. The molecule has 1 fully saturated rings. The van der Waals surface area contributed by atoms with Crippen molar-refractivity contribution in [3.8, 4) is 11.3 Å². The number of hydrogen-bond acceptors (Lipinski definition) is 5. The Kier molecular flexibility index (Phi) is 5.39. The van der Waals surface area contributed by atoms with Crippen LogP contribution in [0.1, 0.15) is 23.2 Å². The van der Waals surface area contributed by atoms with E-state index in [1.807, 2.05) is 4.90 Å². The molecule has 1 aliphatic rings. The summed E-state index contributed by atoms with van der Waals surface area (Å²) in [5, 5.41) is 0. The number of nitrogens with zero attached hydrogens (tertiary/aromatic N) is 4. The highest BCUT2D eigenvalue weighted by Gasteiger charge is 2.29. The molecule has 0 amide bonds. The van der Waals surface area contributed by atoms with Gasteiger partial charge in [0.15, 0.2) is 5.78 Å². The smallest absolute Gasteiger partial charge is 0.255 e. The molecule has 30 heavy (non-hydrogen) atoms. The van der Waals surface area contributed by atoms with Crippen molar-refractivity contribution in [2.45, 2.75) is 12.8 Å². The fraction of sp³-hybridized carbons (Fsp3) is 0.273. The van der Waals surface area contributed by atoms with E-state index in [1.165, 1.54) is 16.7 Å². The summed E-state index contributed by atoms with van der Waals surface area (Å²) < 4.78 is 28.6. The predicted octanol–water partition coefficient (Wildman–Crippen LogP) is 3.22. The number of aromatic nitrogens is 3. The quantitative estimate of drug-likeness (QED) is 0.618. The van der Waals surface area contributed by atoms with Crippen molar-refractivity contribution in [2.24, 2.45) is 13.0 Å². The summed E-state index contributed by atoms with van der Waals surface area (Å²) in [5.41, 5.74) is 1.08. The largest absolute Gasteiger partial charge is 0.342 e. The monoisotopic (exact) mass is 410 g/mol. The molecule has 1 saturated heterocycles. The summed E-state index contributed by atoms with van der Waals surface area (Å²) in [6.07, 6.45) is 4.26. The van der Waals surface area contributed by atoms with Gasteiger partial charge in [-0.25, -0.2) is 13.8 Å². The number of halogens is 2. The number of hydrogen-bond donors (Lipinski definition) is 0. The van der Waals surface area contributed by atoms with Crippen LogP contribution in [-0.4, -0.2) is 33.4 Å². The lowest BCUT2D eigenvalue weighted by molar-refractivity contribution is 0.0896. The zero-order chi connectivity index (χ0) is 21.3. The molecule has 2 aromatic heterocycles. The first-order valence-corrected chi connectivity index (χ1v) is 9.66. The molecule has 0 saturated carbocycles. The minimum Gasteiger partial charge on any atom is -0.342 e. The van der Waals surface area contributed by atoms with Gasteiger partial charge in [-0.15, -0.1) is 0 Å². The first-order valence-electron chi connectivity index (χ1n) is 9.66. The first-order chi connectivity index (χ1) is 14.4. The maximum absolute atomic E-state index is 14.0. The topological polar surface area (TPSA) is 68.1 Å². The van der Waals surface area contributed by atoms with Crippen molar-refractivity contribution in [1.29, 1.82) is 0 Å². The fourth-order valence-corrected chi connectivity index (χ4v) is 3.73. The van der Waals surface area contributed by atoms with E-state index in [0.717, 1.165) is 17.7 Å². The van der Waals surface area contributed by atoms with Crippen LogP contribution in [0.4, 0.5) is 14.7 Å². The van der Waals surface area contributed by atoms with E-state index in [9.17, 15) is 18.4 Å². The summed E-state index contributed by atoms with van der Waals surface area (Å²) in [6.45, 7) is 0.999. The van der Waals surface area contributed by atoms with Crippen LogP contribution in [0, 0.1) is 17.6 Å². The summed E-state index contributed by atoms with van der Waals surface area (Å²) in [4.78, 5) is 35.7. The van der Waals surface area contributed by atoms with E-state index in [-0.39, 0.29) is 22.8 Å². The third-order valence-electron chi connectivity index (χ3n) is 5.43. The minimum absolute atomic E-state index is 0.0833. The minimum atomic E-state index is -0.837. The van der Waals surface area contributed by atoms with Crippen molar-refractivity contribution in [3.05, 3.63) is 76.3 Å². The molecule has 3 aromatic rings. The number of pyridine rings is 1. The number of Topliss-reactive ketones (excluding diaryl/α,β-unsaturated/α-hetero) is 1. The van der Waals surface area contributed by atoms with E-state index in [0.29, 0.717) is 37.6 Å². The zero-order valence-corrected chi connectivity index (χ0v) is 16.4. The SMILES string of the molecule is Cn1c(N2CCC(C(=O)c3ccc(F)cc3F)CC2)nc(-c2ccncc2)cc1=O. The number of benzene rings is 1. The van der Waals surface area contributed by atoms with E-state index >= 15 is 0 Å². The van der Waals surface area contributed by atoms with Gasteiger partial charge in [-0.3, -0.25) is 19.1 Å². The molecule has 4 rings (SSSR count). The molecule has 0 atom stereocenters. The van der Waals surface area contributed by atoms with Gasteiger partial charge in [0.05, 0.1) is 11.3 Å². The zero-order valence-electron chi connectivity index (χ0n) is 16.4. The summed E-state index contributed by atoms with van der Waals surface area (Å²) in [6, 6.07) is 8.07. The van der Waals surface area contributed by atoms with Gasteiger partial charge in [0, 0.05) is 56.1 Å². The number of carbonyl (C=O) groups is 1. The normalized spacial score (nSPS) is 14.7. The van der Waals surface area contributed by atoms with Gasteiger partial charge in [-0.1, -0.05) is 0 Å². The Morgan fingerprint density at radius 1 is 1.07 bits per heavy atom. The van der Waals surface area contributed by atoms with E-state index in [4.69, 9.17) is 0 Å². The maximum atomic E-state index is 14.0. The van der Waals surface area contributed by atoms with Crippen LogP contribution < -0.4 is 10.5 Å². The standard InChI is InChI=1S/C22H20F2N4O2/c1-27-20(29)13-19(14-4-8-25-9-5-14)26-22(27)28-10-6-15(7-11-28)21(30)17-3-2-16(23)12-18(17)24/h2-5,8-9,12-13,15H,6-7,10-11H2,1H3. The molecule has 0 bridgehead atoms.